The summed E-state index contributed by atoms with van der Waals surface area (Å²) in [6.07, 6.45) is 3.70. The van der Waals surface area contributed by atoms with Crippen molar-refractivity contribution in [3.8, 4) is 0 Å². The molecule has 0 atom stereocenters. The zero-order valence-corrected chi connectivity index (χ0v) is 11.2. The van der Waals surface area contributed by atoms with Gasteiger partial charge in [-0.2, -0.15) is 0 Å². The first-order chi connectivity index (χ1) is 9.25. The molecule has 3 rings (SSSR count). The van der Waals surface area contributed by atoms with Gasteiger partial charge in [0.2, 0.25) is 0 Å². The van der Waals surface area contributed by atoms with E-state index in [9.17, 15) is 4.79 Å². The van der Waals surface area contributed by atoms with E-state index >= 15 is 0 Å². The van der Waals surface area contributed by atoms with E-state index in [-0.39, 0.29) is 5.56 Å². The third-order valence-electron chi connectivity index (χ3n) is 2.96. The third kappa shape index (κ3) is 2.22. The first-order valence-corrected chi connectivity index (χ1v) is 6.81. The van der Waals surface area contributed by atoms with Crippen molar-refractivity contribution in [3.05, 3.63) is 62.7 Å². The minimum atomic E-state index is -0.0773. The molecule has 0 saturated carbocycles. The number of fused-ring (bicyclic) bond motifs is 1. The molecule has 4 heteroatoms. The lowest BCUT2D eigenvalue weighted by atomic mass is 10.2. The summed E-state index contributed by atoms with van der Waals surface area (Å²) < 4.78 is 1.64. The standard InChI is InChI=1S/C15H12N2OS/c1-17-14-7-3-2-6-12(14)16-13(15(17)18)9-8-11-5-4-10-19-11/h2-10H,1H3. The van der Waals surface area contributed by atoms with Crippen molar-refractivity contribution >= 4 is 34.5 Å². The monoisotopic (exact) mass is 268 g/mol. The summed E-state index contributed by atoms with van der Waals surface area (Å²) in [5.41, 5.74) is 2.07. The Hall–Kier alpha value is -2.20. The second-order valence-electron chi connectivity index (χ2n) is 4.20. The lowest BCUT2D eigenvalue weighted by Gasteiger charge is -2.04. The molecule has 0 aliphatic heterocycles. The van der Waals surface area contributed by atoms with Crippen LogP contribution in [0.25, 0.3) is 23.2 Å². The van der Waals surface area contributed by atoms with Gasteiger partial charge in [0.15, 0.2) is 0 Å². The van der Waals surface area contributed by atoms with E-state index in [2.05, 4.69) is 4.98 Å². The predicted octanol–water partition coefficient (Wildman–Crippen LogP) is 3.17. The lowest BCUT2D eigenvalue weighted by Crippen LogP contribution is -2.21. The van der Waals surface area contributed by atoms with Crippen molar-refractivity contribution < 1.29 is 0 Å². The maximum Gasteiger partial charge on any atom is 0.276 e. The summed E-state index contributed by atoms with van der Waals surface area (Å²) in [5.74, 6) is 0. The molecule has 0 spiro atoms. The summed E-state index contributed by atoms with van der Waals surface area (Å²) in [7, 11) is 1.77. The number of hydrogen-bond acceptors (Lipinski definition) is 3. The number of thiophene rings is 1. The molecule has 0 aliphatic rings. The summed E-state index contributed by atoms with van der Waals surface area (Å²) in [6.45, 7) is 0. The van der Waals surface area contributed by atoms with Crippen LogP contribution in [0.2, 0.25) is 0 Å². The molecule has 0 aliphatic carbocycles. The van der Waals surface area contributed by atoms with Crippen LogP contribution < -0.4 is 5.56 Å². The number of hydrogen-bond donors (Lipinski definition) is 0. The van der Waals surface area contributed by atoms with Crippen LogP contribution in [0.4, 0.5) is 0 Å². The first kappa shape index (κ1) is 11.9. The van der Waals surface area contributed by atoms with E-state index < -0.39 is 0 Å². The van der Waals surface area contributed by atoms with E-state index in [1.165, 1.54) is 0 Å². The highest BCUT2D eigenvalue weighted by molar-refractivity contribution is 7.10. The van der Waals surface area contributed by atoms with Crippen molar-refractivity contribution in [2.75, 3.05) is 0 Å². The van der Waals surface area contributed by atoms with Crippen LogP contribution in [-0.4, -0.2) is 9.55 Å². The smallest absolute Gasteiger partial charge is 0.276 e. The van der Waals surface area contributed by atoms with Crippen molar-refractivity contribution in [2.45, 2.75) is 0 Å². The van der Waals surface area contributed by atoms with Crippen LogP contribution in [0.5, 0.6) is 0 Å². The molecule has 2 heterocycles. The van der Waals surface area contributed by atoms with Gasteiger partial charge in [-0.05, 0) is 35.7 Å². The van der Waals surface area contributed by atoms with Crippen LogP contribution in [0.1, 0.15) is 10.6 Å². The fourth-order valence-corrected chi connectivity index (χ4v) is 2.57. The fourth-order valence-electron chi connectivity index (χ4n) is 1.96. The quantitative estimate of drug-likeness (QED) is 0.715. The van der Waals surface area contributed by atoms with Gasteiger partial charge < -0.3 is 4.57 Å². The van der Waals surface area contributed by atoms with Crippen LogP contribution >= 0.6 is 11.3 Å². The number of nitrogens with zero attached hydrogens (tertiary/aromatic N) is 2. The van der Waals surface area contributed by atoms with E-state index in [4.69, 9.17) is 0 Å². The van der Waals surface area contributed by atoms with Crippen LogP contribution in [-0.2, 0) is 7.05 Å². The normalized spacial score (nSPS) is 11.4. The third-order valence-corrected chi connectivity index (χ3v) is 3.79. The predicted molar refractivity (Wildman–Crippen MR) is 80.2 cm³/mol. The molecule has 0 unspecified atom stereocenters. The van der Waals surface area contributed by atoms with Gasteiger partial charge in [0.25, 0.3) is 5.56 Å². The van der Waals surface area contributed by atoms with Gasteiger partial charge >= 0.3 is 0 Å². The van der Waals surface area contributed by atoms with Gasteiger partial charge in [-0.25, -0.2) is 4.98 Å². The second kappa shape index (κ2) is 4.82. The molecule has 3 aromatic rings. The zero-order valence-electron chi connectivity index (χ0n) is 10.4. The van der Waals surface area contributed by atoms with Gasteiger partial charge in [-0.3, -0.25) is 4.79 Å². The minimum absolute atomic E-state index is 0.0773. The van der Waals surface area contributed by atoms with Crippen molar-refractivity contribution in [1.82, 2.24) is 9.55 Å². The zero-order chi connectivity index (χ0) is 13.2. The van der Waals surface area contributed by atoms with Gasteiger partial charge in [0.05, 0.1) is 11.0 Å². The summed E-state index contributed by atoms with van der Waals surface area (Å²) in [6, 6.07) is 11.6. The number of para-hydroxylation sites is 2. The number of aryl methyl sites for hydroxylation is 1. The van der Waals surface area contributed by atoms with Gasteiger partial charge in [-0.15, -0.1) is 11.3 Å². The molecular weight excluding hydrogens is 256 g/mol. The Morgan fingerprint density at radius 3 is 2.79 bits per heavy atom. The van der Waals surface area contributed by atoms with Crippen LogP contribution in [0.15, 0.2) is 46.6 Å². The maximum absolute atomic E-state index is 12.2. The average molecular weight is 268 g/mol. The first-order valence-electron chi connectivity index (χ1n) is 5.93. The maximum atomic E-state index is 12.2. The Kier molecular flexibility index (Phi) is 3.01. The Bertz CT molecular complexity index is 801. The van der Waals surface area contributed by atoms with E-state index in [0.717, 1.165) is 15.9 Å². The average Bonchev–Trinajstić information content (AvgIpc) is 2.94. The fraction of sp³-hybridized carbons (Fsp3) is 0.0667. The molecule has 0 radical (unpaired) electrons. The second-order valence-corrected chi connectivity index (χ2v) is 5.18. The highest BCUT2D eigenvalue weighted by atomic mass is 32.1. The van der Waals surface area contributed by atoms with Gasteiger partial charge in [0, 0.05) is 11.9 Å². The molecule has 0 bridgehead atoms. The number of rotatable bonds is 2. The lowest BCUT2D eigenvalue weighted by molar-refractivity contribution is 0.887. The molecule has 1 aromatic carbocycles. The number of aromatic nitrogens is 2. The summed E-state index contributed by atoms with van der Waals surface area (Å²) in [5, 5.41) is 2.01. The highest BCUT2D eigenvalue weighted by Gasteiger charge is 2.05. The minimum Gasteiger partial charge on any atom is -0.308 e. The Labute approximate surface area is 114 Å². The largest absolute Gasteiger partial charge is 0.308 e. The van der Waals surface area contributed by atoms with Crippen molar-refractivity contribution in [2.24, 2.45) is 7.05 Å². The molecule has 3 nitrogen and oxygen atoms in total. The molecular formula is C15H12N2OS. The van der Waals surface area contributed by atoms with Gasteiger partial charge in [-0.1, -0.05) is 18.2 Å². The molecule has 2 aromatic heterocycles. The SMILES string of the molecule is Cn1c(=O)c(C=Cc2cccs2)nc2ccccc21. The highest BCUT2D eigenvalue weighted by Crippen LogP contribution is 2.13. The van der Waals surface area contributed by atoms with Crippen LogP contribution in [0, 0.1) is 0 Å². The Morgan fingerprint density at radius 2 is 2.00 bits per heavy atom. The topological polar surface area (TPSA) is 34.9 Å². The van der Waals surface area contributed by atoms with E-state index in [0.29, 0.717) is 5.69 Å². The Balaban J connectivity index is 2.14. The van der Waals surface area contributed by atoms with Crippen molar-refractivity contribution in [1.29, 1.82) is 0 Å². The van der Waals surface area contributed by atoms with Gasteiger partial charge in [0.1, 0.15) is 5.69 Å². The molecule has 0 N–H and O–H groups in total. The van der Waals surface area contributed by atoms with E-state index in [1.807, 2.05) is 47.9 Å². The van der Waals surface area contributed by atoms with E-state index in [1.54, 1.807) is 29.0 Å². The Morgan fingerprint density at radius 1 is 1.16 bits per heavy atom. The molecule has 0 fully saturated rings. The van der Waals surface area contributed by atoms with Crippen LogP contribution in [0.3, 0.4) is 0 Å². The summed E-state index contributed by atoms with van der Waals surface area (Å²) >= 11 is 1.63. The molecule has 94 valence electrons. The summed E-state index contributed by atoms with van der Waals surface area (Å²) in [4.78, 5) is 17.7. The van der Waals surface area contributed by atoms with Crippen molar-refractivity contribution in [3.63, 3.8) is 0 Å². The molecule has 19 heavy (non-hydrogen) atoms. The molecule has 0 saturated heterocycles. The number of benzene rings is 1. The molecule has 0 amide bonds.